The molecule has 1 unspecified atom stereocenters. The van der Waals surface area contributed by atoms with Gasteiger partial charge in [0.2, 0.25) is 5.91 Å². The summed E-state index contributed by atoms with van der Waals surface area (Å²) in [4.78, 5) is 12.2. The standard InChI is InChI=1S/C22H26N4O3S/c1-5-16-6-10-19(11-7-16)29-15(2)21-24-25-22(26(21)3)30-14-20(27)23-17-8-12-18(28-4)13-9-17/h6-13,15H,5,14H2,1-4H3,(H,23,27). The van der Waals surface area contributed by atoms with Crippen molar-refractivity contribution in [2.24, 2.45) is 7.05 Å². The Morgan fingerprint density at radius 1 is 1.10 bits per heavy atom. The molecule has 158 valence electrons. The van der Waals surface area contributed by atoms with Crippen LogP contribution in [0.4, 0.5) is 5.69 Å². The number of hydrogen-bond donors (Lipinski definition) is 1. The fourth-order valence-corrected chi connectivity index (χ4v) is 3.59. The summed E-state index contributed by atoms with van der Waals surface area (Å²) in [6, 6.07) is 15.2. The van der Waals surface area contributed by atoms with Crippen molar-refractivity contribution in [3.8, 4) is 11.5 Å². The molecule has 0 saturated carbocycles. The number of thioether (sulfide) groups is 1. The minimum Gasteiger partial charge on any atom is -0.497 e. The summed E-state index contributed by atoms with van der Waals surface area (Å²) in [6.07, 6.45) is 0.726. The van der Waals surface area contributed by atoms with Crippen LogP contribution in [0.15, 0.2) is 53.7 Å². The quantitative estimate of drug-likeness (QED) is 0.515. The van der Waals surface area contributed by atoms with E-state index in [9.17, 15) is 4.79 Å². The monoisotopic (exact) mass is 426 g/mol. The van der Waals surface area contributed by atoms with E-state index in [4.69, 9.17) is 9.47 Å². The third-order valence-corrected chi connectivity index (χ3v) is 5.60. The van der Waals surface area contributed by atoms with E-state index >= 15 is 0 Å². The number of carbonyl (C=O) groups is 1. The SMILES string of the molecule is CCc1ccc(OC(C)c2nnc(SCC(=O)Nc3ccc(OC)cc3)n2C)cc1. The molecular formula is C22H26N4O3S. The van der Waals surface area contributed by atoms with Crippen molar-refractivity contribution in [3.05, 3.63) is 59.9 Å². The molecule has 1 aromatic heterocycles. The molecule has 8 heteroatoms. The second-order valence-corrected chi connectivity index (χ2v) is 7.67. The van der Waals surface area contributed by atoms with Gasteiger partial charge in [-0.25, -0.2) is 0 Å². The summed E-state index contributed by atoms with van der Waals surface area (Å²) < 4.78 is 13.0. The molecule has 0 aliphatic rings. The number of aryl methyl sites for hydroxylation is 1. The van der Waals surface area contributed by atoms with Crippen molar-refractivity contribution in [3.63, 3.8) is 0 Å². The fourth-order valence-electron chi connectivity index (χ4n) is 2.87. The normalized spacial score (nSPS) is 11.7. The first-order valence-electron chi connectivity index (χ1n) is 9.71. The maximum atomic E-state index is 12.2. The van der Waals surface area contributed by atoms with Crippen LogP contribution in [-0.2, 0) is 18.3 Å². The molecule has 1 N–H and O–H groups in total. The lowest BCUT2D eigenvalue weighted by Gasteiger charge is -2.14. The van der Waals surface area contributed by atoms with Crippen molar-refractivity contribution < 1.29 is 14.3 Å². The van der Waals surface area contributed by atoms with Gasteiger partial charge in [-0.05, 0) is 55.3 Å². The lowest BCUT2D eigenvalue weighted by Crippen LogP contribution is -2.14. The summed E-state index contributed by atoms with van der Waals surface area (Å²) in [6.45, 7) is 4.05. The van der Waals surface area contributed by atoms with Gasteiger partial charge in [0.1, 0.15) is 11.5 Å². The number of methoxy groups -OCH3 is 1. The Balaban J connectivity index is 1.55. The third-order valence-electron chi connectivity index (χ3n) is 4.58. The van der Waals surface area contributed by atoms with Gasteiger partial charge in [0.25, 0.3) is 0 Å². The van der Waals surface area contributed by atoms with Crippen LogP contribution in [0.2, 0.25) is 0 Å². The predicted molar refractivity (Wildman–Crippen MR) is 118 cm³/mol. The van der Waals surface area contributed by atoms with Gasteiger partial charge in [0.05, 0.1) is 12.9 Å². The summed E-state index contributed by atoms with van der Waals surface area (Å²) in [5.41, 5.74) is 1.98. The number of amides is 1. The van der Waals surface area contributed by atoms with Crippen LogP contribution >= 0.6 is 11.8 Å². The van der Waals surface area contributed by atoms with Gasteiger partial charge < -0.3 is 19.4 Å². The molecule has 2 aromatic carbocycles. The van der Waals surface area contributed by atoms with E-state index in [1.165, 1.54) is 17.3 Å². The van der Waals surface area contributed by atoms with E-state index in [1.807, 2.05) is 30.7 Å². The van der Waals surface area contributed by atoms with E-state index in [0.29, 0.717) is 11.0 Å². The number of anilines is 1. The van der Waals surface area contributed by atoms with Crippen LogP contribution in [0.5, 0.6) is 11.5 Å². The van der Waals surface area contributed by atoms with Crippen molar-refractivity contribution in [1.29, 1.82) is 0 Å². The predicted octanol–water partition coefficient (Wildman–Crippen LogP) is 4.26. The molecule has 30 heavy (non-hydrogen) atoms. The molecule has 0 fully saturated rings. The summed E-state index contributed by atoms with van der Waals surface area (Å²) in [5, 5.41) is 12.0. The van der Waals surface area contributed by atoms with Crippen LogP contribution in [0, 0.1) is 0 Å². The number of hydrogen-bond acceptors (Lipinski definition) is 6. The van der Waals surface area contributed by atoms with Crippen LogP contribution in [0.1, 0.15) is 31.3 Å². The molecule has 7 nitrogen and oxygen atoms in total. The zero-order chi connectivity index (χ0) is 21.5. The number of aromatic nitrogens is 3. The Labute approximate surface area is 180 Å². The van der Waals surface area contributed by atoms with E-state index < -0.39 is 0 Å². The first-order valence-corrected chi connectivity index (χ1v) is 10.7. The molecule has 0 radical (unpaired) electrons. The van der Waals surface area contributed by atoms with Crippen molar-refractivity contribution >= 4 is 23.4 Å². The fraction of sp³-hybridized carbons (Fsp3) is 0.318. The van der Waals surface area contributed by atoms with Crippen LogP contribution in [-0.4, -0.2) is 33.5 Å². The van der Waals surface area contributed by atoms with E-state index in [1.54, 1.807) is 31.4 Å². The van der Waals surface area contributed by atoms with Crippen LogP contribution < -0.4 is 14.8 Å². The van der Waals surface area contributed by atoms with Gasteiger partial charge in [-0.15, -0.1) is 10.2 Å². The van der Waals surface area contributed by atoms with Crippen LogP contribution in [0.3, 0.4) is 0 Å². The Bertz CT molecular complexity index is 971. The van der Waals surface area contributed by atoms with Gasteiger partial charge in [-0.3, -0.25) is 4.79 Å². The summed E-state index contributed by atoms with van der Waals surface area (Å²) in [5.74, 6) is 2.34. The third kappa shape index (κ3) is 5.54. The first-order chi connectivity index (χ1) is 14.5. The van der Waals surface area contributed by atoms with Gasteiger partial charge in [0.15, 0.2) is 17.1 Å². The smallest absolute Gasteiger partial charge is 0.234 e. The summed E-state index contributed by atoms with van der Waals surface area (Å²) in [7, 11) is 3.48. The molecule has 3 rings (SSSR count). The average Bonchev–Trinajstić information content (AvgIpc) is 3.14. The highest BCUT2D eigenvalue weighted by Crippen LogP contribution is 2.24. The molecule has 1 atom stereocenters. The maximum absolute atomic E-state index is 12.2. The highest BCUT2D eigenvalue weighted by atomic mass is 32.2. The number of carbonyl (C=O) groups excluding carboxylic acids is 1. The summed E-state index contributed by atoms with van der Waals surface area (Å²) >= 11 is 1.33. The lowest BCUT2D eigenvalue weighted by molar-refractivity contribution is -0.113. The number of rotatable bonds is 9. The number of nitrogens with one attached hydrogen (secondary N) is 1. The Morgan fingerprint density at radius 3 is 2.40 bits per heavy atom. The van der Waals surface area contributed by atoms with E-state index in [0.717, 1.165) is 23.6 Å². The second-order valence-electron chi connectivity index (χ2n) is 6.72. The van der Waals surface area contributed by atoms with E-state index in [-0.39, 0.29) is 17.8 Å². The zero-order valence-corrected chi connectivity index (χ0v) is 18.4. The number of ether oxygens (including phenoxy) is 2. The first kappa shape index (κ1) is 21.7. The molecule has 0 aliphatic heterocycles. The van der Waals surface area contributed by atoms with Crippen LogP contribution in [0.25, 0.3) is 0 Å². The van der Waals surface area contributed by atoms with Gasteiger partial charge >= 0.3 is 0 Å². The molecule has 0 spiro atoms. The minimum atomic E-state index is -0.266. The van der Waals surface area contributed by atoms with Gasteiger partial charge in [-0.1, -0.05) is 30.8 Å². The number of benzene rings is 2. The largest absolute Gasteiger partial charge is 0.497 e. The van der Waals surface area contributed by atoms with E-state index in [2.05, 4.69) is 34.6 Å². The molecule has 0 aliphatic carbocycles. The second kappa shape index (κ2) is 10.2. The van der Waals surface area contributed by atoms with Gasteiger partial charge in [0, 0.05) is 12.7 Å². The Kier molecular flexibility index (Phi) is 7.35. The molecule has 0 saturated heterocycles. The lowest BCUT2D eigenvalue weighted by atomic mass is 10.2. The minimum absolute atomic E-state index is 0.116. The average molecular weight is 427 g/mol. The Morgan fingerprint density at radius 2 is 1.77 bits per heavy atom. The molecular weight excluding hydrogens is 400 g/mol. The molecule has 3 aromatic rings. The van der Waals surface area contributed by atoms with Crippen molar-refractivity contribution in [2.75, 3.05) is 18.2 Å². The van der Waals surface area contributed by atoms with Crippen molar-refractivity contribution in [2.45, 2.75) is 31.5 Å². The molecule has 1 heterocycles. The highest BCUT2D eigenvalue weighted by Gasteiger charge is 2.18. The maximum Gasteiger partial charge on any atom is 0.234 e. The van der Waals surface area contributed by atoms with Crippen molar-refractivity contribution in [1.82, 2.24) is 14.8 Å². The molecule has 0 bridgehead atoms. The number of nitrogens with zero attached hydrogens (tertiary/aromatic N) is 3. The highest BCUT2D eigenvalue weighted by molar-refractivity contribution is 7.99. The Hall–Kier alpha value is -3.00. The topological polar surface area (TPSA) is 78.3 Å². The van der Waals surface area contributed by atoms with Gasteiger partial charge in [-0.2, -0.15) is 0 Å². The zero-order valence-electron chi connectivity index (χ0n) is 17.6. The molecule has 1 amide bonds.